The van der Waals surface area contributed by atoms with E-state index in [9.17, 15) is 9.59 Å². The second-order valence-corrected chi connectivity index (χ2v) is 15.9. The molecule has 0 fully saturated rings. The van der Waals surface area contributed by atoms with E-state index in [1.165, 1.54) is 0 Å². The number of aromatic nitrogens is 3. The van der Waals surface area contributed by atoms with Gasteiger partial charge in [0.05, 0.1) is 0 Å². The van der Waals surface area contributed by atoms with E-state index < -0.39 is 8.07 Å². The van der Waals surface area contributed by atoms with Crippen LogP contribution in [0.1, 0.15) is 35.0 Å². The van der Waals surface area contributed by atoms with Crippen molar-refractivity contribution in [3.8, 4) is 11.4 Å². The van der Waals surface area contributed by atoms with Crippen LogP contribution >= 0.6 is 0 Å². The van der Waals surface area contributed by atoms with Crippen molar-refractivity contribution in [1.82, 2.24) is 19.9 Å². The Balaban J connectivity index is 1.56. The van der Waals surface area contributed by atoms with Gasteiger partial charge in [-0.25, -0.2) is 4.98 Å². The Morgan fingerprint density at radius 1 is 1.19 bits per heavy atom. The number of carbonyl (C=O) groups is 2. The number of benzene rings is 1. The molecule has 3 heterocycles. The van der Waals surface area contributed by atoms with Gasteiger partial charge in [0.1, 0.15) is 18.2 Å². The summed E-state index contributed by atoms with van der Waals surface area (Å²) in [4.78, 5) is 35.9. The average Bonchev–Trinajstić information content (AvgIpc) is 3.49. The summed E-state index contributed by atoms with van der Waals surface area (Å²) >= 11 is 0. The molecule has 0 radical (unpaired) electrons. The smallest absolute Gasteiger partial charge is 0.271 e. The first-order valence-electron chi connectivity index (χ1n) is 12.5. The molecule has 0 aliphatic carbocycles. The van der Waals surface area contributed by atoms with E-state index in [1.54, 1.807) is 18.6 Å². The Bertz CT molecular complexity index is 1220. The molecule has 36 heavy (non-hydrogen) atoms. The van der Waals surface area contributed by atoms with Crippen molar-refractivity contribution in [1.29, 1.82) is 0 Å². The van der Waals surface area contributed by atoms with Gasteiger partial charge < -0.3 is 19.5 Å². The molecule has 3 aromatic rings. The average molecular weight is 506 g/mol. The first kappa shape index (κ1) is 25.8. The van der Waals surface area contributed by atoms with Crippen molar-refractivity contribution < 1.29 is 14.3 Å². The molecule has 2 amide bonds. The summed E-state index contributed by atoms with van der Waals surface area (Å²) < 4.78 is 7.90. The molecule has 0 atom stereocenters. The standard InChI is InChI=1S/C27H35N5O3Si/c1-5-25(33)32-12-10-21-15-22(8-9-24(21)32)26-30-23(18-31(26)19-35-13-14-36(2,3)4)27(34)29-17-20-7-6-11-28-16-20/h6-9,11,15-16,18H,5,10,12-14,17,19H2,1-4H3,(H,29,34). The molecule has 2 aromatic heterocycles. The lowest BCUT2D eigenvalue weighted by molar-refractivity contribution is -0.118. The van der Waals surface area contributed by atoms with Crippen LogP contribution in [0.3, 0.4) is 0 Å². The number of ether oxygens (including phenoxy) is 1. The van der Waals surface area contributed by atoms with Crippen LogP contribution in [0, 0.1) is 0 Å². The molecule has 0 saturated heterocycles. The molecular formula is C27H35N5O3Si. The molecule has 1 N–H and O–H groups in total. The van der Waals surface area contributed by atoms with E-state index >= 15 is 0 Å². The predicted molar refractivity (Wildman–Crippen MR) is 144 cm³/mol. The zero-order chi connectivity index (χ0) is 25.7. The Labute approximate surface area is 213 Å². The number of carbonyl (C=O) groups excluding carboxylic acids is 2. The summed E-state index contributed by atoms with van der Waals surface area (Å²) in [5, 5.41) is 2.93. The van der Waals surface area contributed by atoms with Gasteiger partial charge in [-0.05, 0) is 47.9 Å². The van der Waals surface area contributed by atoms with Crippen LogP contribution < -0.4 is 10.2 Å². The normalized spacial score (nSPS) is 13.1. The van der Waals surface area contributed by atoms with Gasteiger partial charge in [0, 0.05) is 64.0 Å². The van der Waals surface area contributed by atoms with Crippen molar-refractivity contribution in [2.24, 2.45) is 0 Å². The maximum absolute atomic E-state index is 12.9. The van der Waals surface area contributed by atoms with E-state index in [-0.39, 0.29) is 11.8 Å². The van der Waals surface area contributed by atoms with Gasteiger partial charge in [0.2, 0.25) is 5.91 Å². The monoisotopic (exact) mass is 505 g/mol. The molecule has 0 spiro atoms. The fraction of sp³-hybridized carbons (Fsp3) is 0.407. The van der Waals surface area contributed by atoms with E-state index in [4.69, 9.17) is 9.72 Å². The summed E-state index contributed by atoms with van der Waals surface area (Å²) in [5.41, 5.74) is 4.24. The Morgan fingerprint density at radius 2 is 2.03 bits per heavy atom. The fourth-order valence-electron chi connectivity index (χ4n) is 4.16. The minimum absolute atomic E-state index is 0.131. The lowest BCUT2D eigenvalue weighted by atomic mass is 10.1. The van der Waals surface area contributed by atoms with Gasteiger partial charge in [-0.15, -0.1) is 0 Å². The van der Waals surface area contributed by atoms with Crippen LogP contribution in [0.4, 0.5) is 5.69 Å². The second-order valence-electron chi connectivity index (χ2n) is 10.3. The number of hydrogen-bond acceptors (Lipinski definition) is 5. The highest BCUT2D eigenvalue weighted by Gasteiger charge is 2.25. The summed E-state index contributed by atoms with van der Waals surface area (Å²) in [6, 6.07) is 10.9. The molecular weight excluding hydrogens is 470 g/mol. The highest BCUT2D eigenvalue weighted by Crippen LogP contribution is 2.32. The van der Waals surface area contributed by atoms with Gasteiger partial charge in [-0.3, -0.25) is 14.6 Å². The quantitative estimate of drug-likeness (QED) is 0.324. The predicted octanol–water partition coefficient (Wildman–Crippen LogP) is 4.49. The molecule has 0 bridgehead atoms. The van der Waals surface area contributed by atoms with Gasteiger partial charge in [0.25, 0.3) is 5.91 Å². The van der Waals surface area contributed by atoms with Gasteiger partial charge >= 0.3 is 0 Å². The molecule has 1 aliphatic rings. The zero-order valence-corrected chi connectivity index (χ0v) is 22.6. The number of fused-ring (bicyclic) bond motifs is 1. The maximum Gasteiger partial charge on any atom is 0.271 e. The van der Waals surface area contributed by atoms with Crippen LogP contribution in [0.2, 0.25) is 25.7 Å². The van der Waals surface area contributed by atoms with Gasteiger partial charge in [0.15, 0.2) is 0 Å². The summed E-state index contributed by atoms with van der Waals surface area (Å²) in [6.07, 6.45) is 6.48. The van der Waals surface area contributed by atoms with Crippen molar-refractivity contribution in [2.45, 2.75) is 58.7 Å². The van der Waals surface area contributed by atoms with Gasteiger partial charge in [-0.2, -0.15) is 0 Å². The number of imidazole rings is 1. The zero-order valence-electron chi connectivity index (χ0n) is 21.6. The van der Waals surface area contributed by atoms with Crippen molar-refractivity contribution >= 4 is 25.6 Å². The molecule has 1 aromatic carbocycles. The largest absolute Gasteiger partial charge is 0.361 e. The maximum atomic E-state index is 12.9. The number of hydrogen-bond donors (Lipinski definition) is 1. The van der Waals surface area contributed by atoms with E-state index in [1.807, 2.05) is 40.7 Å². The number of pyridine rings is 1. The third-order valence-electron chi connectivity index (χ3n) is 6.25. The molecule has 8 nitrogen and oxygen atoms in total. The van der Waals surface area contributed by atoms with Crippen molar-refractivity contribution in [3.63, 3.8) is 0 Å². The molecule has 0 unspecified atom stereocenters. The molecule has 190 valence electrons. The second kappa shape index (κ2) is 11.2. The van der Waals surface area contributed by atoms with Crippen molar-refractivity contribution in [3.05, 3.63) is 65.7 Å². The molecule has 0 saturated carbocycles. The van der Waals surface area contributed by atoms with E-state index in [0.29, 0.717) is 44.4 Å². The lowest BCUT2D eigenvalue weighted by Gasteiger charge is -2.17. The Hall–Kier alpha value is -3.30. The number of anilines is 1. The highest BCUT2D eigenvalue weighted by atomic mass is 28.3. The van der Waals surface area contributed by atoms with E-state index in [2.05, 4.69) is 36.0 Å². The summed E-state index contributed by atoms with van der Waals surface area (Å²) in [5.74, 6) is 0.561. The van der Waals surface area contributed by atoms with Crippen LogP contribution in [0.5, 0.6) is 0 Å². The lowest BCUT2D eigenvalue weighted by Crippen LogP contribution is -2.27. The third-order valence-corrected chi connectivity index (χ3v) is 7.95. The van der Waals surface area contributed by atoms with Crippen LogP contribution in [0.25, 0.3) is 11.4 Å². The summed E-state index contributed by atoms with van der Waals surface area (Å²) in [6.45, 7) is 10.9. The third kappa shape index (κ3) is 6.27. The highest BCUT2D eigenvalue weighted by molar-refractivity contribution is 6.76. The van der Waals surface area contributed by atoms with Crippen LogP contribution in [-0.2, 0) is 29.2 Å². The SMILES string of the molecule is CCC(=O)N1CCc2cc(-c3nc(C(=O)NCc4cccnc4)cn3COCC[Si](C)(C)C)ccc21. The van der Waals surface area contributed by atoms with E-state index in [0.717, 1.165) is 34.8 Å². The van der Waals surface area contributed by atoms with Crippen LogP contribution in [-0.4, -0.2) is 47.6 Å². The molecule has 1 aliphatic heterocycles. The minimum Gasteiger partial charge on any atom is -0.361 e. The number of nitrogens with zero attached hydrogens (tertiary/aromatic N) is 4. The first-order valence-corrected chi connectivity index (χ1v) is 16.2. The topological polar surface area (TPSA) is 89.4 Å². The fourth-order valence-corrected chi connectivity index (χ4v) is 4.92. The Kier molecular flexibility index (Phi) is 8.00. The van der Waals surface area contributed by atoms with Crippen LogP contribution in [0.15, 0.2) is 48.9 Å². The molecule has 9 heteroatoms. The molecule has 4 rings (SSSR count). The summed E-state index contributed by atoms with van der Waals surface area (Å²) in [7, 11) is -1.21. The van der Waals surface area contributed by atoms with Gasteiger partial charge in [-0.1, -0.05) is 32.6 Å². The number of nitrogens with one attached hydrogen (secondary N) is 1. The Morgan fingerprint density at radius 3 is 2.75 bits per heavy atom. The minimum atomic E-state index is -1.21. The van der Waals surface area contributed by atoms with Crippen molar-refractivity contribution in [2.75, 3.05) is 18.1 Å². The first-order chi connectivity index (χ1) is 17.2. The number of amides is 2. The number of rotatable bonds is 10.